The molecule has 2 aromatic carbocycles. The summed E-state index contributed by atoms with van der Waals surface area (Å²) in [6.45, 7) is 0. The van der Waals surface area contributed by atoms with E-state index in [-0.39, 0.29) is 11.1 Å². The van der Waals surface area contributed by atoms with E-state index in [0.29, 0.717) is 0 Å². The molecule has 0 spiro atoms. The summed E-state index contributed by atoms with van der Waals surface area (Å²) in [6, 6.07) is 14.5. The second kappa shape index (κ2) is 6.34. The molecule has 2 rings (SSSR count). The predicted octanol–water partition coefficient (Wildman–Crippen LogP) is 2.66. The highest BCUT2D eigenvalue weighted by atomic mass is 19.3. The van der Waals surface area contributed by atoms with Crippen molar-refractivity contribution in [1.82, 2.24) is 5.32 Å². The third-order valence-corrected chi connectivity index (χ3v) is 3.24. The predicted molar refractivity (Wildman–Crippen MR) is 75.7 cm³/mol. The van der Waals surface area contributed by atoms with Gasteiger partial charge in [0.2, 0.25) is 5.54 Å². The number of rotatable bonds is 5. The van der Waals surface area contributed by atoms with E-state index in [2.05, 4.69) is 0 Å². The number of carboxylic acids is 1. The van der Waals surface area contributed by atoms with E-state index in [1.54, 1.807) is 24.3 Å². The molecule has 4 nitrogen and oxygen atoms in total. The van der Waals surface area contributed by atoms with Crippen molar-refractivity contribution >= 4 is 11.9 Å². The molecule has 2 N–H and O–H groups in total. The summed E-state index contributed by atoms with van der Waals surface area (Å²) in [5.41, 5.74) is -2.89. The Labute approximate surface area is 125 Å². The van der Waals surface area contributed by atoms with E-state index in [1.807, 2.05) is 5.32 Å². The zero-order chi connectivity index (χ0) is 16.2. The number of carbonyl (C=O) groups is 2. The van der Waals surface area contributed by atoms with Crippen LogP contribution in [0.5, 0.6) is 0 Å². The van der Waals surface area contributed by atoms with Gasteiger partial charge in [-0.25, -0.2) is 13.6 Å². The van der Waals surface area contributed by atoms with Crippen molar-refractivity contribution in [3.05, 3.63) is 71.8 Å². The Morgan fingerprint density at radius 1 is 0.955 bits per heavy atom. The average Bonchev–Trinajstić information content (AvgIpc) is 2.53. The van der Waals surface area contributed by atoms with E-state index in [0.717, 1.165) is 0 Å². The first-order valence-corrected chi connectivity index (χ1v) is 6.43. The summed E-state index contributed by atoms with van der Waals surface area (Å²) in [7, 11) is 0. The lowest BCUT2D eigenvalue weighted by atomic mass is 9.89. The van der Waals surface area contributed by atoms with Gasteiger partial charge in [0, 0.05) is 5.56 Å². The van der Waals surface area contributed by atoms with Gasteiger partial charge in [0.25, 0.3) is 12.3 Å². The second-order valence-corrected chi connectivity index (χ2v) is 4.60. The van der Waals surface area contributed by atoms with Gasteiger partial charge in [-0.2, -0.15) is 0 Å². The molecular weight excluding hydrogens is 292 g/mol. The molecule has 0 aliphatic carbocycles. The fraction of sp³-hybridized carbons (Fsp3) is 0.125. The number of amides is 1. The van der Waals surface area contributed by atoms with Crippen molar-refractivity contribution in [3.8, 4) is 0 Å². The van der Waals surface area contributed by atoms with Crippen molar-refractivity contribution < 1.29 is 23.5 Å². The molecular formula is C16H13F2NO3. The molecule has 0 aliphatic heterocycles. The molecule has 1 amide bonds. The summed E-state index contributed by atoms with van der Waals surface area (Å²) in [6.07, 6.45) is -3.32. The molecule has 22 heavy (non-hydrogen) atoms. The Kier molecular flexibility index (Phi) is 4.50. The first kappa shape index (κ1) is 15.6. The number of halogens is 2. The van der Waals surface area contributed by atoms with Crippen LogP contribution < -0.4 is 5.32 Å². The zero-order valence-electron chi connectivity index (χ0n) is 11.4. The minimum Gasteiger partial charge on any atom is -0.479 e. The molecule has 0 fully saturated rings. The van der Waals surface area contributed by atoms with E-state index in [1.165, 1.54) is 36.4 Å². The molecule has 0 bridgehead atoms. The minimum atomic E-state index is -3.32. The summed E-state index contributed by atoms with van der Waals surface area (Å²) < 4.78 is 27.1. The highest BCUT2D eigenvalue weighted by Gasteiger charge is 2.50. The normalized spacial score (nSPS) is 13.4. The molecule has 0 radical (unpaired) electrons. The summed E-state index contributed by atoms with van der Waals surface area (Å²) in [4.78, 5) is 23.7. The monoisotopic (exact) mass is 305 g/mol. The Morgan fingerprint density at radius 2 is 1.45 bits per heavy atom. The van der Waals surface area contributed by atoms with Gasteiger partial charge in [-0.3, -0.25) is 4.79 Å². The van der Waals surface area contributed by atoms with Crippen LogP contribution in [0, 0.1) is 0 Å². The summed E-state index contributed by atoms with van der Waals surface area (Å²) >= 11 is 0. The maximum atomic E-state index is 13.6. The van der Waals surface area contributed by atoms with Gasteiger partial charge >= 0.3 is 5.97 Å². The summed E-state index contributed by atoms with van der Waals surface area (Å²) in [5.74, 6) is -2.70. The van der Waals surface area contributed by atoms with Crippen LogP contribution in [0.15, 0.2) is 60.7 Å². The topological polar surface area (TPSA) is 66.4 Å². The van der Waals surface area contributed by atoms with Gasteiger partial charge < -0.3 is 10.4 Å². The quantitative estimate of drug-likeness (QED) is 0.892. The number of hydrogen-bond donors (Lipinski definition) is 2. The minimum absolute atomic E-state index is 0.102. The third-order valence-electron chi connectivity index (χ3n) is 3.24. The van der Waals surface area contributed by atoms with Crippen molar-refractivity contribution in [3.63, 3.8) is 0 Å². The highest BCUT2D eigenvalue weighted by molar-refractivity contribution is 5.98. The van der Waals surface area contributed by atoms with Gasteiger partial charge in [-0.1, -0.05) is 48.5 Å². The van der Waals surface area contributed by atoms with Crippen LogP contribution in [0.1, 0.15) is 15.9 Å². The van der Waals surface area contributed by atoms with Crippen LogP contribution in [-0.2, 0) is 10.3 Å². The molecule has 0 saturated heterocycles. The Hall–Kier alpha value is -2.76. The lowest BCUT2D eigenvalue weighted by Gasteiger charge is -2.30. The van der Waals surface area contributed by atoms with Gasteiger partial charge in [-0.05, 0) is 17.7 Å². The van der Waals surface area contributed by atoms with E-state index >= 15 is 0 Å². The van der Waals surface area contributed by atoms with E-state index in [9.17, 15) is 23.5 Å². The molecule has 0 aliphatic rings. The van der Waals surface area contributed by atoms with Crippen LogP contribution in [-0.4, -0.2) is 23.4 Å². The molecule has 6 heteroatoms. The van der Waals surface area contributed by atoms with Crippen molar-refractivity contribution in [2.75, 3.05) is 0 Å². The van der Waals surface area contributed by atoms with Crippen molar-refractivity contribution in [2.45, 2.75) is 12.0 Å². The van der Waals surface area contributed by atoms with Crippen molar-refractivity contribution in [2.24, 2.45) is 0 Å². The fourth-order valence-electron chi connectivity index (χ4n) is 2.06. The molecule has 2 aromatic rings. The molecule has 114 valence electrons. The Morgan fingerprint density at radius 3 is 1.91 bits per heavy atom. The largest absolute Gasteiger partial charge is 0.479 e. The van der Waals surface area contributed by atoms with Gasteiger partial charge in [0.05, 0.1) is 0 Å². The lowest BCUT2D eigenvalue weighted by molar-refractivity contribution is -0.152. The zero-order valence-corrected chi connectivity index (χ0v) is 11.4. The summed E-state index contributed by atoms with van der Waals surface area (Å²) in [5, 5.41) is 11.3. The van der Waals surface area contributed by atoms with Crippen LogP contribution in [0.4, 0.5) is 8.78 Å². The molecule has 1 atom stereocenters. The molecule has 0 saturated carbocycles. The molecule has 0 unspecified atom stereocenters. The molecule has 0 aromatic heterocycles. The van der Waals surface area contributed by atoms with Gasteiger partial charge in [0.15, 0.2) is 0 Å². The first-order chi connectivity index (χ1) is 10.5. The third kappa shape index (κ3) is 2.81. The Balaban J connectivity index is 2.46. The SMILES string of the molecule is O=C(N[C@](C(=O)O)(c1ccccc1)C(F)F)c1ccccc1. The van der Waals surface area contributed by atoms with Crippen molar-refractivity contribution in [1.29, 1.82) is 0 Å². The van der Waals surface area contributed by atoms with E-state index < -0.39 is 23.8 Å². The first-order valence-electron chi connectivity index (χ1n) is 6.43. The van der Waals surface area contributed by atoms with Crippen LogP contribution in [0.25, 0.3) is 0 Å². The number of hydrogen-bond acceptors (Lipinski definition) is 2. The number of alkyl halides is 2. The number of carboxylic acid groups (broad SMARTS) is 1. The number of carbonyl (C=O) groups excluding carboxylic acids is 1. The fourth-order valence-corrected chi connectivity index (χ4v) is 2.06. The van der Waals surface area contributed by atoms with Crippen LogP contribution in [0.2, 0.25) is 0 Å². The maximum absolute atomic E-state index is 13.6. The van der Waals surface area contributed by atoms with E-state index in [4.69, 9.17) is 0 Å². The Bertz CT molecular complexity index is 662. The highest BCUT2D eigenvalue weighted by Crippen LogP contribution is 2.29. The maximum Gasteiger partial charge on any atom is 0.340 e. The van der Waals surface area contributed by atoms with Gasteiger partial charge in [-0.15, -0.1) is 0 Å². The lowest BCUT2D eigenvalue weighted by Crippen LogP contribution is -2.56. The number of benzene rings is 2. The molecule has 0 heterocycles. The van der Waals surface area contributed by atoms with Gasteiger partial charge in [0.1, 0.15) is 0 Å². The number of aliphatic carboxylic acids is 1. The van der Waals surface area contributed by atoms with Crippen LogP contribution >= 0.6 is 0 Å². The standard InChI is InChI=1S/C16H13F2NO3/c17-14(18)16(15(21)22,12-9-5-2-6-10-12)19-13(20)11-7-3-1-4-8-11/h1-10,14H,(H,19,20)(H,21,22)/t16-/m1/s1. The average molecular weight is 305 g/mol. The second-order valence-electron chi connectivity index (χ2n) is 4.60. The number of nitrogens with one attached hydrogen (secondary N) is 1. The smallest absolute Gasteiger partial charge is 0.340 e. The van der Waals surface area contributed by atoms with Crippen LogP contribution in [0.3, 0.4) is 0 Å².